The zero-order valence-electron chi connectivity index (χ0n) is 8.53. The molecule has 0 aliphatic heterocycles. The summed E-state index contributed by atoms with van der Waals surface area (Å²) in [7, 11) is -4.16. The van der Waals surface area contributed by atoms with Crippen molar-refractivity contribution in [3.63, 3.8) is 0 Å². The van der Waals surface area contributed by atoms with Gasteiger partial charge in [-0.25, -0.2) is 4.57 Å². The topological polar surface area (TPSA) is 95.9 Å². The van der Waals surface area contributed by atoms with Gasteiger partial charge in [-0.2, -0.15) is 5.09 Å². The van der Waals surface area contributed by atoms with E-state index in [-0.39, 0.29) is 5.75 Å². The maximum Gasteiger partial charge on any atom is 0.456 e. The lowest BCUT2D eigenvalue weighted by molar-refractivity contribution is -0.138. The van der Waals surface area contributed by atoms with Crippen molar-refractivity contribution in [1.29, 1.82) is 0 Å². The van der Waals surface area contributed by atoms with Gasteiger partial charge in [0.05, 0.1) is 0 Å². The summed E-state index contributed by atoms with van der Waals surface area (Å²) in [5.41, 5.74) is 0. The molecule has 2 atom stereocenters. The number of hydrogen-bond donors (Lipinski definition) is 3. The molecule has 0 aliphatic carbocycles. The van der Waals surface area contributed by atoms with Crippen LogP contribution in [-0.4, -0.2) is 22.0 Å². The fourth-order valence-corrected chi connectivity index (χ4v) is 2.01. The molecule has 0 spiro atoms. The summed E-state index contributed by atoms with van der Waals surface area (Å²) in [6.07, 6.45) is 0. The van der Waals surface area contributed by atoms with Crippen LogP contribution in [0.2, 0.25) is 0 Å². The molecule has 0 aromatic heterocycles. The fourth-order valence-electron chi connectivity index (χ4n) is 0.951. The van der Waals surface area contributed by atoms with Gasteiger partial charge in [-0.15, -0.1) is 0 Å². The smallest absolute Gasteiger partial charge is 0.456 e. The molecule has 16 heavy (non-hydrogen) atoms. The van der Waals surface area contributed by atoms with Gasteiger partial charge >= 0.3 is 13.7 Å². The SMILES string of the molecule is CC(NP(=O)(O)Oc1ccccc1)C(=O)O. The molecular formula is C9H12NO5P. The highest BCUT2D eigenvalue weighted by atomic mass is 31.2. The molecule has 0 fully saturated rings. The van der Waals surface area contributed by atoms with Crippen molar-refractivity contribution in [2.24, 2.45) is 0 Å². The summed E-state index contributed by atoms with van der Waals surface area (Å²) in [6, 6.07) is 6.82. The largest absolute Gasteiger partial charge is 0.480 e. The normalized spacial score (nSPS) is 16.1. The molecule has 1 aromatic carbocycles. The van der Waals surface area contributed by atoms with E-state index in [0.717, 1.165) is 0 Å². The predicted octanol–water partition coefficient (Wildman–Crippen LogP) is 1.23. The molecule has 0 saturated heterocycles. The monoisotopic (exact) mass is 245 g/mol. The minimum absolute atomic E-state index is 0.193. The van der Waals surface area contributed by atoms with Crippen LogP contribution in [0.5, 0.6) is 5.75 Å². The first-order valence-electron chi connectivity index (χ1n) is 4.49. The predicted molar refractivity (Wildman–Crippen MR) is 57.1 cm³/mol. The third-order valence-corrected chi connectivity index (χ3v) is 2.87. The van der Waals surface area contributed by atoms with Crippen LogP contribution in [0.4, 0.5) is 0 Å². The van der Waals surface area contributed by atoms with Gasteiger partial charge in [0.15, 0.2) is 0 Å². The first-order chi connectivity index (χ1) is 7.41. The number of carboxylic acid groups (broad SMARTS) is 1. The van der Waals surface area contributed by atoms with Crippen LogP contribution in [0.25, 0.3) is 0 Å². The lowest BCUT2D eigenvalue weighted by Crippen LogP contribution is -2.32. The first-order valence-corrected chi connectivity index (χ1v) is 6.06. The number of rotatable bonds is 5. The van der Waals surface area contributed by atoms with E-state index in [4.69, 9.17) is 9.63 Å². The number of aliphatic carboxylic acids is 1. The van der Waals surface area contributed by atoms with Crippen molar-refractivity contribution in [3.8, 4) is 5.75 Å². The Morgan fingerprint density at radius 1 is 1.44 bits per heavy atom. The van der Waals surface area contributed by atoms with Crippen LogP contribution in [0.3, 0.4) is 0 Å². The lowest BCUT2D eigenvalue weighted by atomic mass is 10.3. The summed E-state index contributed by atoms with van der Waals surface area (Å²) < 4.78 is 16.2. The third-order valence-electron chi connectivity index (χ3n) is 1.70. The van der Waals surface area contributed by atoms with Crippen LogP contribution < -0.4 is 9.61 Å². The van der Waals surface area contributed by atoms with Gasteiger partial charge < -0.3 is 14.5 Å². The molecular weight excluding hydrogens is 233 g/mol. The third kappa shape index (κ3) is 4.02. The van der Waals surface area contributed by atoms with Crippen LogP contribution in [-0.2, 0) is 9.36 Å². The van der Waals surface area contributed by atoms with Crippen molar-refractivity contribution in [2.45, 2.75) is 13.0 Å². The van der Waals surface area contributed by atoms with E-state index in [1.165, 1.54) is 19.1 Å². The van der Waals surface area contributed by atoms with Crippen molar-refractivity contribution >= 4 is 13.7 Å². The summed E-state index contributed by atoms with van der Waals surface area (Å²) in [5, 5.41) is 10.6. The molecule has 0 aliphatic rings. The average Bonchev–Trinajstić information content (AvgIpc) is 2.17. The Morgan fingerprint density at radius 3 is 2.50 bits per heavy atom. The zero-order valence-corrected chi connectivity index (χ0v) is 9.42. The lowest BCUT2D eigenvalue weighted by Gasteiger charge is -2.16. The second-order valence-corrected chi connectivity index (χ2v) is 4.60. The van der Waals surface area contributed by atoms with Crippen LogP contribution >= 0.6 is 7.75 Å². The van der Waals surface area contributed by atoms with Gasteiger partial charge in [0.25, 0.3) is 0 Å². The van der Waals surface area contributed by atoms with Crippen molar-refractivity contribution in [3.05, 3.63) is 30.3 Å². The molecule has 1 rings (SSSR count). The molecule has 0 saturated carbocycles. The summed E-state index contributed by atoms with van der Waals surface area (Å²) in [5.74, 6) is -1.04. The van der Waals surface area contributed by atoms with E-state index >= 15 is 0 Å². The summed E-state index contributed by atoms with van der Waals surface area (Å²) in [4.78, 5) is 19.8. The maximum absolute atomic E-state index is 11.5. The highest BCUT2D eigenvalue weighted by molar-refractivity contribution is 7.51. The average molecular weight is 245 g/mol. The number of nitrogens with one attached hydrogen (secondary N) is 1. The van der Waals surface area contributed by atoms with E-state index < -0.39 is 19.8 Å². The highest BCUT2D eigenvalue weighted by Gasteiger charge is 2.26. The minimum Gasteiger partial charge on any atom is -0.480 e. The van der Waals surface area contributed by atoms with E-state index in [2.05, 4.69) is 0 Å². The zero-order chi connectivity index (χ0) is 12.2. The van der Waals surface area contributed by atoms with Crippen LogP contribution in [0.15, 0.2) is 30.3 Å². The first kappa shape index (κ1) is 12.7. The molecule has 6 nitrogen and oxygen atoms in total. The van der Waals surface area contributed by atoms with Crippen LogP contribution in [0, 0.1) is 0 Å². The molecule has 0 heterocycles. The molecule has 7 heteroatoms. The number of hydrogen-bond acceptors (Lipinski definition) is 3. The summed E-state index contributed by atoms with van der Waals surface area (Å²) in [6.45, 7) is 1.25. The van der Waals surface area contributed by atoms with Gasteiger partial charge in [-0.1, -0.05) is 18.2 Å². The van der Waals surface area contributed by atoms with Crippen molar-refractivity contribution in [2.75, 3.05) is 0 Å². The van der Waals surface area contributed by atoms with Gasteiger partial charge in [-0.05, 0) is 19.1 Å². The highest BCUT2D eigenvalue weighted by Crippen LogP contribution is 2.38. The van der Waals surface area contributed by atoms with Gasteiger partial charge in [0.2, 0.25) is 0 Å². The maximum atomic E-state index is 11.5. The summed E-state index contributed by atoms with van der Waals surface area (Å²) >= 11 is 0. The van der Waals surface area contributed by atoms with E-state index in [9.17, 15) is 14.3 Å². The number of para-hydroxylation sites is 1. The quantitative estimate of drug-likeness (QED) is 0.675. The molecule has 3 N–H and O–H groups in total. The minimum atomic E-state index is -4.16. The number of carbonyl (C=O) groups is 1. The molecule has 1 aromatic rings. The van der Waals surface area contributed by atoms with Gasteiger partial charge in [0, 0.05) is 0 Å². The van der Waals surface area contributed by atoms with E-state index in [1.54, 1.807) is 18.2 Å². The number of carboxylic acids is 1. The Hall–Kier alpha value is -1.36. The van der Waals surface area contributed by atoms with Gasteiger partial charge in [-0.3, -0.25) is 4.79 Å². The van der Waals surface area contributed by atoms with Gasteiger partial charge in [0.1, 0.15) is 11.8 Å². The second-order valence-electron chi connectivity index (χ2n) is 3.11. The van der Waals surface area contributed by atoms with E-state index in [0.29, 0.717) is 0 Å². The fraction of sp³-hybridized carbons (Fsp3) is 0.222. The van der Waals surface area contributed by atoms with Crippen molar-refractivity contribution in [1.82, 2.24) is 5.09 Å². The second kappa shape index (κ2) is 5.12. The molecule has 0 bridgehead atoms. The molecule has 0 radical (unpaired) electrons. The standard InChI is InChI=1S/C9H12NO5P/c1-7(9(11)12)10-16(13,14)15-8-5-3-2-4-6-8/h2-7H,1H3,(H,11,12)(H2,10,13,14). The molecule has 2 unspecified atom stereocenters. The Labute approximate surface area is 92.5 Å². The van der Waals surface area contributed by atoms with Crippen molar-refractivity contribution < 1.29 is 23.9 Å². The molecule has 88 valence electrons. The Kier molecular flexibility index (Phi) is 4.06. The Bertz CT molecular complexity index is 408. The van der Waals surface area contributed by atoms with E-state index in [1.807, 2.05) is 5.09 Å². The Morgan fingerprint density at radius 2 is 2.00 bits per heavy atom. The van der Waals surface area contributed by atoms with Crippen LogP contribution in [0.1, 0.15) is 6.92 Å². The number of benzene rings is 1. The Balaban J connectivity index is 2.66. The molecule has 0 amide bonds.